The molecule has 0 aromatic heterocycles. The molecule has 0 aliphatic carbocycles. The van der Waals surface area contributed by atoms with Gasteiger partial charge in [0.15, 0.2) is 0 Å². The van der Waals surface area contributed by atoms with Crippen LogP contribution in [0.4, 0.5) is 0 Å². The highest BCUT2D eigenvalue weighted by atomic mass is 31.2. The first-order chi connectivity index (χ1) is 17.4. The maximum atomic E-state index is 14.4. The molecule has 0 fully saturated rings. The second kappa shape index (κ2) is 14.1. The van der Waals surface area contributed by atoms with Crippen LogP contribution in [0, 0.1) is 5.92 Å². The molecule has 2 N–H and O–H groups in total. The Bertz CT molecular complexity index is 1040. The first-order valence-electron chi connectivity index (χ1n) is 12.3. The van der Waals surface area contributed by atoms with Crippen LogP contribution in [0.1, 0.15) is 43.4 Å². The molecule has 192 valence electrons. The summed E-state index contributed by atoms with van der Waals surface area (Å²) in [6, 6.07) is 27.9. The Balaban J connectivity index is 1.89. The third-order valence-corrected chi connectivity index (χ3v) is 7.99. The van der Waals surface area contributed by atoms with Crippen molar-refractivity contribution >= 4 is 13.6 Å². The summed E-state index contributed by atoms with van der Waals surface area (Å²) in [4.78, 5) is 12.1. The molecule has 2 atom stereocenters. The summed E-state index contributed by atoms with van der Waals surface area (Å²) in [6.07, 6.45) is 1.39. The van der Waals surface area contributed by atoms with Crippen molar-refractivity contribution in [1.82, 2.24) is 5.32 Å². The first kappa shape index (κ1) is 27.8. The van der Waals surface area contributed by atoms with Crippen LogP contribution in [-0.4, -0.2) is 22.9 Å². The van der Waals surface area contributed by atoms with Crippen LogP contribution < -0.4 is 5.32 Å². The Morgan fingerprint density at radius 3 is 1.67 bits per heavy atom. The summed E-state index contributed by atoms with van der Waals surface area (Å²) in [5.74, 6) is -1.64. The summed E-state index contributed by atoms with van der Waals surface area (Å²) in [5, 5.41) is 13.1. The van der Waals surface area contributed by atoms with Crippen molar-refractivity contribution < 1.29 is 23.5 Å². The van der Waals surface area contributed by atoms with Gasteiger partial charge < -0.3 is 14.2 Å². The van der Waals surface area contributed by atoms with Crippen LogP contribution >= 0.6 is 7.60 Å². The largest absolute Gasteiger partial charge is 0.480 e. The Labute approximate surface area is 214 Å². The molecule has 0 unspecified atom stereocenters. The number of nitrogens with one attached hydrogen (secondary N) is 1. The van der Waals surface area contributed by atoms with Crippen LogP contribution in [0.3, 0.4) is 0 Å². The normalized spacial score (nSPS) is 13.4. The number of hydrogen-bond donors (Lipinski definition) is 2. The summed E-state index contributed by atoms with van der Waals surface area (Å²) >= 11 is 0. The highest BCUT2D eigenvalue weighted by Gasteiger charge is 2.39. The fourth-order valence-corrected chi connectivity index (χ4v) is 5.82. The summed E-state index contributed by atoms with van der Waals surface area (Å²) < 4.78 is 26.5. The Kier molecular flexibility index (Phi) is 10.9. The van der Waals surface area contributed by atoms with Gasteiger partial charge in [0.25, 0.3) is 0 Å². The van der Waals surface area contributed by atoms with E-state index in [-0.39, 0.29) is 19.1 Å². The third kappa shape index (κ3) is 9.03. The summed E-state index contributed by atoms with van der Waals surface area (Å²) in [5.41, 5.74) is 2.79. The molecule has 7 heteroatoms. The highest BCUT2D eigenvalue weighted by molar-refractivity contribution is 7.54. The van der Waals surface area contributed by atoms with Crippen molar-refractivity contribution in [3.05, 3.63) is 108 Å². The van der Waals surface area contributed by atoms with Gasteiger partial charge in [0.1, 0.15) is 11.8 Å². The SMILES string of the molecule is CC(C)C[C@H](N[C@@H](CCc1ccccc1)P(=O)(OCc1ccccc1)OCc1ccccc1)C(=O)O. The molecule has 0 aliphatic heterocycles. The van der Waals surface area contributed by atoms with Crippen molar-refractivity contribution in [2.24, 2.45) is 5.92 Å². The van der Waals surface area contributed by atoms with E-state index in [9.17, 15) is 14.5 Å². The van der Waals surface area contributed by atoms with Crippen LogP contribution in [0.5, 0.6) is 0 Å². The lowest BCUT2D eigenvalue weighted by Gasteiger charge is -2.31. The van der Waals surface area contributed by atoms with Crippen molar-refractivity contribution in [2.45, 2.75) is 58.1 Å². The van der Waals surface area contributed by atoms with E-state index in [4.69, 9.17) is 9.05 Å². The van der Waals surface area contributed by atoms with E-state index in [1.54, 1.807) is 0 Å². The quantitative estimate of drug-likeness (QED) is 0.223. The van der Waals surface area contributed by atoms with E-state index in [0.29, 0.717) is 19.3 Å². The van der Waals surface area contributed by atoms with E-state index >= 15 is 0 Å². The predicted molar refractivity (Wildman–Crippen MR) is 143 cm³/mol. The smallest absolute Gasteiger partial charge is 0.348 e. The fraction of sp³-hybridized carbons (Fsp3) is 0.345. The lowest BCUT2D eigenvalue weighted by Crippen LogP contribution is -2.44. The van der Waals surface area contributed by atoms with Gasteiger partial charge >= 0.3 is 13.6 Å². The van der Waals surface area contributed by atoms with Gasteiger partial charge in [-0.1, -0.05) is 105 Å². The Hall–Kier alpha value is -2.76. The molecular weight excluding hydrogens is 473 g/mol. The second-order valence-corrected chi connectivity index (χ2v) is 11.5. The van der Waals surface area contributed by atoms with Crippen molar-refractivity contribution in [3.63, 3.8) is 0 Å². The monoisotopic (exact) mass is 509 g/mol. The number of carboxylic acids is 1. The molecule has 0 aliphatic rings. The van der Waals surface area contributed by atoms with Gasteiger partial charge in [0.2, 0.25) is 0 Å². The summed E-state index contributed by atoms with van der Waals surface area (Å²) in [6.45, 7) is 4.12. The minimum Gasteiger partial charge on any atom is -0.480 e. The number of aliphatic carboxylic acids is 1. The Morgan fingerprint density at radius 2 is 1.25 bits per heavy atom. The zero-order chi connectivity index (χ0) is 25.8. The molecule has 0 spiro atoms. The summed E-state index contributed by atoms with van der Waals surface area (Å²) in [7, 11) is -3.81. The molecule has 0 radical (unpaired) electrons. The van der Waals surface area contributed by atoms with Gasteiger partial charge in [0, 0.05) is 0 Å². The molecule has 3 rings (SSSR count). The molecule has 36 heavy (non-hydrogen) atoms. The minimum atomic E-state index is -3.81. The number of aryl methyl sites for hydroxylation is 1. The fourth-order valence-electron chi connectivity index (χ4n) is 3.92. The van der Waals surface area contributed by atoms with Crippen LogP contribution in [0.15, 0.2) is 91.0 Å². The predicted octanol–water partition coefficient (Wildman–Crippen LogP) is 6.66. The zero-order valence-corrected chi connectivity index (χ0v) is 21.8. The van der Waals surface area contributed by atoms with Crippen LogP contribution in [-0.2, 0) is 38.0 Å². The standard InChI is InChI=1S/C29H36NO5P/c1-23(2)20-27(29(31)32)30-28(19-18-24-12-6-3-7-13-24)36(33,34-21-25-14-8-4-9-15-25)35-22-26-16-10-5-11-17-26/h3-17,23,27-28,30H,18-22H2,1-2H3,(H,31,32)/t27-,28+/m0/s1. The van der Waals surface area contributed by atoms with Crippen molar-refractivity contribution in [2.75, 3.05) is 0 Å². The molecule has 3 aromatic rings. The molecule has 0 amide bonds. The lowest BCUT2D eigenvalue weighted by atomic mass is 10.0. The van der Waals surface area contributed by atoms with Gasteiger partial charge in [-0.3, -0.25) is 14.7 Å². The lowest BCUT2D eigenvalue weighted by molar-refractivity contribution is -0.140. The van der Waals surface area contributed by atoms with Crippen LogP contribution in [0.25, 0.3) is 0 Å². The number of carboxylic acid groups (broad SMARTS) is 1. The van der Waals surface area contributed by atoms with Gasteiger partial charge in [-0.15, -0.1) is 0 Å². The van der Waals surface area contributed by atoms with Crippen molar-refractivity contribution in [1.29, 1.82) is 0 Å². The van der Waals surface area contributed by atoms with Gasteiger partial charge in [-0.2, -0.15) is 0 Å². The average Bonchev–Trinajstić information content (AvgIpc) is 2.89. The van der Waals surface area contributed by atoms with Gasteiger partial charge in [0.05, 0.1) is 13.2 Å². The van der Waals surface area contributed by atoms with E-state index in [1.807, 2.05) is 105 Å². The second-order valence-electron chi connectivity index (χ2n) is 9.29. The third-order valence-electron chi connectivity index (χ3n) is 5.84. The Morgan fingerprint density at radius 1 is 0.806 bits per heavy atom. The van der Waals surface area contributed by atoms with Gasteiger partial charge in [-0.05, 0) is 41.9 Å². The zero-order valence-electron chi connectivity index (χ0n) is 21.0. The van der Waals surface area contributed by atoms with Crippen molar-refractivity contribution in [3.8, 4) is 0 Å². The van der Waals surface area contributed by atoms with Gasteiger partial charge in [-0.25, -0.2) is 0 Å². The topological polar surface area (TPSA) is 84.9 Å². The molecule has 6 nitrogen and oxygen atoms in total. The molecule has 0 bridgehead atoms. The number of hydrogen-bond acceptors (Lipinski definition) is 5. The number of benzene rings is 3. The molecule has 0 heterocycles. The van der Waals surface area contributed by atoms with Crippen LogP contribution in [0.2, 0.25) is 0 Å². The van der Waals surface area contributed by atoms with E-state index < -0.39 is 25.4 Å². The molecular formula is C29H36NO5P. The molecule has 3 aromatic carbocycles. The van der Waals surface area contributed by atoms with E-state index in [1.165, 1.54) is 0 Å². The number of carbonyl (C=O) groups is 1. The molecule has 0 saturated heterocycles. The molecule has 0 saturated carbocycles. The first-order valence-corrected chi connectivity index (χ1v) is 14.0. The minimum absolute atomic E-state index is 0.0956. The highest BCUT2D eigenvalue weighted by Crippen LogP contribution is 2.55. The van der Waals surface area contributed by atoms with E-state index in [0.717, 1.165) is 16.7 Å². The maximum absolute atomic E-state index is 14.4. The number of rotatable bonds is 15. The van der Waals surface area contributed by atoms with E-state index in [2.05, 4.69) is 5.32 Å². The maximum Gasteiger partial charge on any atom is 0.348 e. The average molecular weight is 510 g/mol.